The highest BCUT2D eigenvalue weighted by atomic mass is 16.3. The molecule has 16 heavy (non-hydrogen) atoms. The van der Waals surface area contributed by atoms with Gasteiger partial charge in [0.2, 0.25) is 5.91 Å². The van der Waals surface area contributed by atoms with Gasteiger partial charge in [-0.15, -0.1) is 0 Å². The van der Waals surface area contributed by atoms with Crippen LogP contribution in [0.5, 0.6) is 0 Å². The number of aryl methyl sites for hydroxylation is 2. The molecule has 0 aromatic carbocycles. The minimum absolute atomic E-state index is 0.0497. The van der Waals surface area contributed by atoms with Crippen LogP contribution in [0.3, 0.4) is 0 Å². The molecule has 2 atom stereocenters. The van der Waals surface area contributed by atoms with Crippen LogP contribution in [-0.4, -0.2) is 23.4 Å². The average Bonchev–Trinajstić information content (AvgIpc) is 2.67. The van der Waals surface area contributed by atoms with E-state index < -0.39 is 0 Å². The van der Waals surface area contributed by atoms with Crippen molar-refractivity contribution in [2.75, 3.05) is 6.54 Å². The van der Waals surface area contributed by atoms with Gasteiger partial charge in [0, 0.05) is 30.1 Å². The maximum Gasteiger partial charge on any atom is 0.224 e. The largest absolute Gasteiger partial charge is 0.466 e. The predicted molar refractivity (Wildman–Crippen MR) is 58.9 cm³/mol. The molecule has 2 aliphatic rings. The molecule has 2 unspecified atom stereocenters. The van der Waals surface area contributed by atoms with E-state index in [0.717, 1.165) is 24.5 Å². The first-order valence-corrected chi connectivity index (χ1v) is 5.73. The molecule has 1 saturated heterocycles. The number of nitrogens with two attached hydrogens (primary N) is 1. The van der Waals surface area contributed by atoms with Gasteiger partial charge in [0.1, 0.15) is 11.5 Å². The Kier molecular flexibility index (Phi) is 1.92. The maximum atomic E-state index is 11.8. The van der Waals surface area contributed by atoms with Gasteiger partial charge in [-0.2, -0.15) is 0 Å². The number of hydrogen-bond donors (Lipinski definition) is 1. The number of fused-ring (bicyclic) bond motifs is 3. The van der Waals surface area contributed by atoms with Crippen LogP contribution in [0.2, 0.25) is 0 Å². The molecule has 1 aromatic rings. The van der Waals surface area contributed by atoms with Crippen LogP contribution >= 0.6 is 0 Å². The minimum Gasteiger partial charge on any atom is -0.466 e. The van der Waals surface area contributed by atoms with E-state index in [0.29, 0.717) is 6.42 Å². The SMILES string of the molecule is Cc1oc(C)c2c1CCN1C(=O)CC(N)C21. The number of nitrogens with zero attached hydrogens (tertiary/aromatic N) is 1. The molecule has 1 aromatic heterocycles. The summed E-state index contributed by atoms with van der Waals surface area (Å²) >= 11 is 0. The topological polar surface area (TPSA) is 59.5 Å². The summed E-state index contributed by atoms with van der Waals surface area (Å²) in [5.74, 6) is 2.09. The van der Waals surface area contributed by atoms with E-state index in [1.165, 1.54) is 11.1 Å². The van der Waals surface area contributed by atoms with E-state index in [-0.39, 0.29) is 18.0 Å². The zero-order valence-electron chi connectivity index (χ0n) is 9.62. The number of furan rings is 1. The fourth-order valence-electron chi connectivity index (χ4n) is 3.13. The monoisotopic (exact) mass is 220 g/mol. The van der Waals surface area contributed by atoms with E-state index in [1.54, 1.807) is 0 Å². The Hall–Kier alpha value is -1.29. The molecule has 0 bridgehead atoms. The molecule has 0 spiro atoms. The lowest BCUT2D eigenvalue weighted by Gasteiger charge is -2.32. The van der Waals surface area contributed by atoms with Gasteiger partial charge in [-0.05, 0) is 20.3 Å². The Morgan fingerprint density at radius 3 is 2.88 bits per heavy atom. The van der Waals surface area contributed by atoms with E-state index in [9.17, 15) is 4.79 Å². The Morgan fingerprint density at radius 1 is 1.38 bits per heavy atom. The summed E-state index contributed by atoms with van der Waals surface area (Å²) in [6.45, 7) is 4.73. The lowest BCUT2D eigenvalue weighted by molar-refractivity contribution is -0.129. The van der Waals surface area contributed by atoms with Crippen LogP contribution in [-0.2, 0) is 11.2 Å². The van der Waals surface area contributed by atoms with Crippen LogP contribution in [0.25, 0.3) is 0 Å². The smallest absolute Gasteiger partial charge is 0.224 e. The molecule has 4 heteroatoms. The average molecular weight is 220 g/mol. The Labute approximate surface area is 94.4 Å². The van der Waals surface area contributed by atoms with Crippen molar-refractivity contribution in [2.45, 2.75) is 38.8 Å². The second-order valence-electron chi connectivity index (χ2n) is 4.76. The van der Waals surface area contributed by atoms with Crippen molar-refractivity contribution < 1.29 is 9.21 Å². The summed E-state index contributed by atoms with van der Waals surface area (Å²) in [5, 5.41) is 0. The van der Waals surface area contributed by atoms with Gasteiger partial charge in [-0.25, -0.2) is 0 Å². The molecule has 2 aliphatic heterocycles. The molecule has 4 nitrogen and oxygen atoms in total. The fourth-order valence-corrected chi connectivity index (χ4v) is 3.13. The van der Waals surface area contributed by atoms with E-state index >= 15 is 0 Å². The van der Waals surface area contributed by atoms with Crippen LogP contribution in [0.1, 0.15) is 35.1 Å². The summed E-state index contributed by atoms with van der Waals surface area (Å²) in [6, 6.07) is -0.0315. The molecule has 1 fully saturated rings. The Bertz CT molecular complexity index is 464. The van der Waals surface area contributed by atoms with Crippen molar-refractivity contribution in [1.82, 2.24) is 4.90 Å². The number of carbonyl (C=O) groups is 1. The van der Waals surface area contributed by atoms with Crippen LogP contribution in [0.4, 0.5) is 0 Å². The van der Waals surface area contributed by atoms with Crippen molar-refractivity contribution in [2.24, 2.45) is 5.73 Å². The van der Waals surface area contributed by atoms with Crippen LogP contribution < -0.4 is 5.73 Å². The zero-order chi connectivity index (χ0) is 11.4. The van der Waals surface area contributed by atoms with E-state index in [4.69, 9.17) is 10.2 Å². The summed E-state index contributed by atoms with van der Waals surface area (Å²) < 4.78 is 5.67. The summed E-state index contributed by atoms with van der Waals surface area (Å²) in [7, 11) is 0. The highest BCUT2D eigenvalue weighted by Gasteiger charge is 2.44. The van der Waals surface area contributed by atoms with Crippen LogP contribution in [0.15, 0.2) is 4.42 Å². The highest BCUT2D eigenvalue weighted by Crippen LogP contribution is 2.41. The Morgan fingerprint density at radius 2 is 2.12 bits per heavy atom. The molecular weight excluding hydrogens is 204 g/mol. The molecule has 0 saturated carbocycles. The number of rotatable bonds is 0. The lowest BCUT2D eigenvalue weighted by Crippen LogP contribution is -2.38. The van der Waals surface area contributed by atoms with Crippen molar-refractivity contribution in [3.05, 3.63) is 22.6 Å². The molecule has 0 radical (unpaired) electrons. The van der Waals surface area contributed by atoms with Gasteiger partial charge in [0.05, 0.1) is 6.04 Å². The quantitative estimate of drug-likeness (QED) is 0.711. The van der Waals surface area contributed by atoms with Gasteiger partial charge < -0.3 is 15.1 Å². The molecule has 1 amide bonds. The first-order chi connectivity index (χ1) is 7.59. The third-order valence-electron chi connectivity index (χ3n) is 3.81. The van der Waals surface area contributed by atoms with Crippen molar-refractivity contribution >= 4 is 5.91 Å². The zero-order valence-corrected chi connectivity index (χ0v) is 9.62. The second kappa shape index (κ2) is 3.10. The van der Waals surface area contributed by atoms with Crippen molar-refractivity contribution in [3.63, 3.8) is 0 Å². The van der Waals surface area contributed by atoms with E-state index in [1.807, 2.05) is 18.7 Å². The molecule has 3 rings (SSSR count). The molecule has 86 valence electrons. The Balaban J connectivity index is 2.15. The minimum atomic E-state index is -0.0813. The normalized spacial score (nSPS) is 28.2. The molecule has 3 heterocycles. The third kappa shape index (κ3) is 1.11. The number of amides is 1. The third-order valence-corrected chi connectivity index (χ3v) is 3.81. The standard InChI is InChI=1S/C12H16N2O2/c1-6-8-3-4-14-10(15)5-9(13)12(14)11(8)7(2)16-6/h9,12H,3-5,13H2,1-2H3. The van der Waals surface area contributed by atoms with Gasteiger partial charge in [0.15, 0.2) is 0 Å². The first-order valence-electron chi connectivity index (χ1n) is 5.73. The van der Waals surface area contributed by atoms with E-state index in [2.05, 4.69) is 0 Å². The first kappa shape index (κ1) is 9.90. The van der Waals surface area contributed by atoms with Gasteiger partial charge in [-0.1, -0.05) is 0 Å². The van der Waals surface area contributed by atoms with Gasteiger partial charge in [0.25, 0.3) is 0 Å². The van der Waals surface area contributed by atoms with Gasteiger partial charge in [-0.3, -0.25) is 4.79 Å². The molecule has 0 aliphatic carbocycles. The van der Waals surface area contributed by atoms with Crippen molar-refractivity contribution in [1.29, 1.82) is 0 Å². The lowest BCUT2D eigenvalue weighted by atomic mass is 9.91. The fraction of sp³-hybridized carbons (Fsp3) is 0.583. The molecule has 2 N–H and O–H groups in total. The number of hydrogen-bond acceptors (Lipinski definition) is 3. The second-order valence-corrected chi connectivity index (χ2v) is 4.76. The predicted octanol–water partition coefficient (Wildman–Crippen LogP) is 1.05. The molecular formula is C12H16N2O2. The highest BCUT2D eigenvalue weighted by molar-refractivity contribution is 5.81. The summed E-state index contributed by atoms with van der Waals surface area (Å²) in [4.78, 5) is 13.7. The summed E-state index contributed by atoms with van der Waals surface area (Å²) in [6.07, 6.45) is 1.36. The van der Waals surface area contributed by atoms with Crippen molar-refractivity contribution in [3.8, 4) is 0 Å². The summed E-state index contributed by atoms with van der Waals surface area (Å²) in [5.41, 5.74) is 8.50. The van der Waals surface area contributed by atoms with Gasteiger partial charge >= 0.3 is 0 Å². The number of carbonyl (C=O) groups excluding carboxylic acids is 1. The maximum absolute atomic E-state index is 11.8. The van der Waals surface area contributed by atoms with Crippen LogP contribution in [0, 0.1) is 13.8 Å².